The maximum absolute atomic E-state index is 10.7. The van der Waals surface area contributed by atoms with Crippen molar-refractivity contribution in [2.45, 2.75) is 25.3 Å². The zero-order valence-corrected chi connectivity index (χ0v) is 6.83. The van der Waals surface area contributed by atoms with Crippen molar-refractivity contribution in [2.75, 3.05) is 6.54 Å². The Labute approximate surface area is 66.8 Å². The molecular weight excluding hydrogens is 152 g/mol. The molecule has 10 heavy (non-hydrogen) atoms. The Balaban J connectivity index is 0.000000810. The lowest BCUT2D eigenvalue weighted by Crippen LogP contribution is -2.44. The van der Waals surface area contributed by atoms with E-state index in [2.05, 4.69) is 5.32 Å². The van der Waals surface area contributed by atoms with Gasteiger partial charge in [0.1, 0.15) is 0 Å². The zero-order chi connectivity index (χ0) is 6.91. The molecule has 1 saturated heterocycles. The van der Waals surface area contributed by atoms with E-state index < -0.39 is 0 Å². The van der Waals surface area contributed by atoms with Gasteiger partial charge in [-0.25, -0.2) is 0 Å². The van der Waals surface area contributed by atoms with Crippen LogP contribution in [0, 0.1) is 0 Å². The lowest BCUT2D eigenvalue weighted by atomic mass is 10.0. The molecule has 0 radical (unpaired) electrons. The summed E-state index contributed by atoms with van der Waals surface area (Å²) >= 11 is 0. The highest BCUT2D eigenvalue weighted by molar-refractivity contribution is 5.85. The van der Waals surface area contributed by atoms with E-state index >= 15 is 0 Å². The first-order chi connectivity index (χ1) is 4.16. The minimum Gasteiger partial charge on any atom is -0.350 e. The third kappa shape index (κ3) is 1.85. The minimum atomic E-state index is -0.114. The van der Waals surface area contributed by atoms with Crippen LogP contribution in [0.5, 0.6) is 0 Å². The van der Waals surface area contributed by atoms with Gasteiger partial charge in [0, 0.05) is 18.5 Å². The number of nitrogens with one attached hydrogen (secondary N) is 1. The smallest absolute Gasteiger partial charge is 0.220 e. The molecule has 0 spiro atoms. The highest BCUT2D eigenvalue weighted by atomic mass is 35.5. The van der Waals surface area contributed by atoms with Crippen molar-refractivity contribution in [1.29, 1.82) is 0 Å². The van der Waals surface area contributed by atoms with Gasteiger partial charge in [0.25, 0.3) is 0 Å². The Bertz CT molecular complexity index is 140. The van der Waals surface area contributed by atoms with Crippen LogP contribution >= 0.6 is 12.4 Å². The molecule has 1 aliphatic rings. The van der Waals surface area contributed by atoms with E-state index in [-0.39, 0.29) is 23.9 Å². The molecular formula is C6H13ClN2O. The molecule has 1 fully saturated rings. The van der Waals surface area contributed by atoms with Crippen LogP contribution in [0.25, 0.3) is 0 Å². The van der Waals surface area contributed by atoms with Crippen molar-refractivity contribution in [3.63, 3.8) is 0 Å². The third-order valence-electron chi connectivity index (χ3n) is 1.80. The number of carbonyl (C=O) groups excluding carboxylic acids is 1. The lowest BCUT2D eigenvalue weighted by Gasteiger charge is -2.20. The normalized spacial score (nSPS) is 31.2. The van der Waals surface area contributed by atoms with Crippen LogP contribution in [0.2, 0.25) is 0 Å². The average Bonchev–Trinajstić information content (AvgIpc) is 2.13. The van der Waals surface area contributed by atoms with E-state index in [4.69, 9.17) is 5.73 Å². The Kier molecular flexibility index (Phi) is 3.12. The van der Waals surface area contributed by atoms with Crippen LogP contribution in [0.15, 0.2) is 0 Å². The summed E-state index contributed by atoms with van der Waals surface area (Å²) in [5.74, 6) is 0.128. The fraction of sp³-hybridized carbons (Fsp3) is 0.833. The number of hydrogen-bond donors (Lipinski definition) is 2. The van der Waals surface area contributed by atoms with Gasteiger partial charge in [-0.1, -0.05) is 0 Å². The average molecular weight is 165 g/mol. The molecule has 0 aromatic rings. The number of nitrogens with two attached hydrogens (primary N) is 1. The summed E-state index contributed by atoms with van der Waals surface area (Å²) in [4.78, 5) is 10.7. The van der Waals surface area contributed by atoms with E-state index in [0.717, 1.165) is 6.42 Å². The van der Waals surface area contributed by atoms with E-state index in [1.165, 1.54) is 0 Å². The molecule has 4 heteroatoms. The summed E-state index contributed by atoms with van der Waals surface area (Å²) in [5, 5.41) is 2.82. The third-order valence-corrected chi connectivity index (χ3v) is 1.80. The Hall–Kier alpha value is -0.280. The molecule has 0 aromatic heterocycles. The van der Waals surface area contributed by atoms with Crippen LogP contribution in [0.1, 0.15) is 19.8 Å². The van der Waals surface area contributed by atoms with E-state index in [0.29, 0.717) is 13.0 Å². The molecule has 0 saturated carbocycles. The SMILES string of the molecule is CC1(CN)CCC(=O)N1.Cl. The molecule has 3 nitrogen and oxygen atoms in total. The fourth-order valence-corrected chi connectivity index (χ4v) is 1.00. The molecule has 1 aliphatic heterocycles. The monoisotopic (exact) mass is 164 g/mol. The van der Waals surface area contributed by atoms with Crippen LogP contribution in [0.3, 0.4) is 0 Å². The second kappa shape index (κ2) is 3.21. The Morgan fingerprint density at radius 2 is 2.40 bits per heavy atom. The lowest BCUT2D eigenvalue weighted by molar-refractivity contribution is -0.119. The van der Waals surface area contributed by atoms with Crippen LogP contribution in [-0.4, -0.2) is 18.0 Å². The van der Waals surface area contributed by atoms with Crippen molar-refractivity contribution in [3.05, 3.63) is 0 Å². The Morgan fingerprint density at radius 3 is 2.60 bits per heavy atom. The van der Waals surface area contributed by atoms with Gasteiger partial charge < -0.3 is 11.1 Å². The van der Waals surface area contributed by atoms with E-state index in [9.17, 15) is 4.79 Å². The van der Waals surface area contributed by atoms with Crippen molar-refractivity contribution >= 4 is 18.3 Å². The molecule has 1 rings (SSSR count). The predicted octanol–water partition coefficient (Wildman–Crippen LogP) is 0.0356. The molecule has 1 amide bonds. The highest BCUT2D eigenvalue weighted by Gasteiger charge is 2.30. The first-order valence-electron chi connectivity index (χ1n) is 3.17. The summed E-state index contributed by atoms with van der Waals surface area (Å²) < 4.78 is 0. The molecule has 1 unspecified atom stereocenters. The standard InChI is InChI=1S/C6H12N2O.ClH/c1-6(4-7)3-2-5(9)8-6;/h2-4,7H2,1H3,(H,8,9);1H. The zero-order valence-electron chi connectivity index (χ0n) is 6.02. The second-order valence-corrected chi connectivity index (χ2v) is 2.81. The first-order valence-corrected chi connectivity index (χ1v) is 3.17. The van der Waals surface area contributed by atoms with Crippen molar-refractivity contribution in [3.8, 4) is 0 Å². The van der Waals surface area contributed by atoms with Gasteiger partial charge in [0.2, 0.25) is 5.91 Å². The Morgan fingerprint density at radius 1 is 1.80 bits per heavy atom. The van der Waals surface area contributed by atoms with Gasteiger partial charge in [-0.15, -0.1) is 12.4 Å². The van der Waals surface area contributed by atoms with Gasteiger partial charge >= 0.3 is 0 Å². The van der Waals surface area contributed by atoms with Crippen molar-refractivity contribution < 1.29 is 4.79 Å². The first kappa shape index (κ1) is 9.72. The van der Waals surface area contributed by atoms with E-state index in [1.54, 1.807) is 0 Å². The molecule has 60 valence electrons. The van der Waals surface area contributed by atoms with Gasteiger partial charge in [-0.2, -0.15) is 0 Å². The van der Waals surface area contributed by atoms with Crippen LogP contribution < -0.4 is 11.1 Å². The number of halogens is 1. The van der Waals surface area contributed by atoms with Crippen molar-refractivity contribution in [1.82, 2.24) is 5.32 Å². The minimum absolute atomic E-state index is 0. The molecule has 1 atom stereocenters. The quantitative estimate of drug-likeness (QED) is 0.575. The number of hydrogen-bond acceptors (Lipinski definition) is 2. The number of amides is 1. The second-order valence-electron chi connectivity index (χ2n) is 2.81. The van der Waals surface area contributed by atoms with Crippen LogP contribution in [-0.2, 0) is 4.79 Å². The molecule has 0 aromatic carbocycles. The summed E-state index contributed by atoms with van der Waals surface area (Å²) in [6.07, 6.45) is 1.51. The van der Waals surface area contributed by atoms with Crippen LogP contribution in [0.4, 0.5) is 0 Å². The fourth-order valence-electron chi connectivity index (χ4n) is 1.00. The number of carbonyl (C=O) groups is 1. The maximum atomic E-state index is 10.7. The molecule has 1 heterocycles. The number of rotatable bonds is 1. The summed E-state index contributed by atoms with van der Waals surface area (Å²) in [7, 11) is 0. The topological polar surface area (TPSA) is 55.1 Å². The highest BCUT2D eigenvalue weighted by Crippen LogP contribution is 2.16. The summed E-state index contributed by atoms with van der Waals surface area (Å²) in [5.41, 5.74) is 5.30. The van der Waals surface area contributed by atoms with E-state index in [1.807, 2.05) is 6.92 Å². The summed E-state index contributed by atoms with van der Waals surface area (Å²) in [6, 6.07) is 0. The van der Waals surface area contributed by atoms with Gasteiger partial charge in [-0.05, 0) is 13.3 Å². The molecule has 3 N–H and O–H groups in total. The van der Waals surface area contributed by atoms with Crippen molar-refractivity contribution in [2.24, 2.45) is 5.73 Å². The predicted molar refractivity (Wildman–Crippen MR) is 42.1 cm³/mol. The largest absolute Gasteiger partial charge is 0.350 e. The molecule has 0 bridgehead atoms. The van der Waals surface area contributed by atoms with Gasteiger partial charge in [-0.3, -0.25) is 4.79 Å². The molecule has 0 aliphatic carbocycles. The maximum Gasteiger partial charge on any atom is 0.220 e. The van der Waals surface area contributed by atoms with Gasteiger partial charge in [0.15, 0.2) is 0 Å². The summed E-state index contributed by atoms with van der Waals surface area (Å²) in [6.45, 7) is 2.51. The van der Waals surface area contributed by atoms with Gasteiger partial charge in [0.05, 0.1) is 0 Å².